The van der Waals surface area contributed by atoms with E-state index in [0.717, 1.165) is 17.7 Å². The van der Waals surface area contributed by atoms with E-state index in [1.54, 1.807) is 6.20 Å². The van der Waals surface area contributed by atoms with Crippen LogP contribution in [0.4, 0.5) is 0 Å². The molecule has 1 aromatic heterocycles. The Bertz CT molecular complexity index is 1240. The van der Waals surface area contributed by atoms with E-state index in [9.17, 15) is 4.79 Å². The first-order valence-corrected chi connectivity index (χ1v) is 10.9. The minimum absolute atomic E-state index is 0.00378. The largest absolute Gasteiger partial charge is 0.494 e. The lowest BCUT2D eigenvalue weighted by atomic mass is 9.98. The number of nitrogens with zero attached hydrogens (tertiary/aromatic N) is 2. The molecule has 2 heterocycles. The van der Waals surface area contributed by atoms with Crippen molar-refractivity contribution in [3.63, 3.8) is 0 Å². The van der Waals surface area contributed by atoms with Gasteiger partial charge >= 0.3 is 0 Å². The molecule has 0 unspecified atom stereocenters. The summed E-state index contributed by atoms with van der Waals surface area (Å²) in [6, 6.07) is 23.5. The van der Waals surface area contributed by atoms with Gasteiger partial charge in [-0.3, -0.25) is 4.79 Å². The molecule has 3 aromatic carbocycles. The molecular weight excluding hydrogens is 400 g/mol. The van der Waals surface area contributed by atoms with E-state index in [-0.39, 0.29) is 5.91 Å². The number of aromatic nitrogens is 1. The van der Waals surface area contributed by atoms with Crippen LogP contribution < -0.4 is 4.74 Å². The Morgan fingerprint density at radius 1 is 1.00 bits per heavy atom. The van der Waals surface area contributed by atoms with Crippen molar-refractivity contribution in [3.05, 3.63) is 95.7 Å². The number of benzene rings is 3. The first kappa shape index (κ1) is 20.1. The minimum atomic E-state index is -0.00378. The van der Waals surface area contributed by atoms with Crippen LogP contribution in [0.5, 0.6) is 5.75 Å². The average molecular weight is 425 g/mol. The number of oxazole rings is 1. The predicted molar refractivity (Wildman–Crippen MR) is 123 cm³/mol. The van der Waals surface area contributed by atoms with Gasteiger partial charge in [-0.1, -0.05) is 36.4 Å². The van der Waals surface area contributed by atoms with Gasteiger partial charge in [0.25, 0.3) is 5.91 Å². The standard InChI is InChI=1S/C27H24N2O3/c1-2-31-22-13-11-20(12-14-22)25-17-28-26(32-25)23-9-5-6-10-24(23)27(30)29-16-15-19-7-3-4-8-21(19)18-29/h3-14,17H,2,15-16,18H2,1H3. The van der Waals surface area contributed by atoms with Crippen molar-refractivity contribution < 1.29 is 13.9 Å². The van der Waals surface area contributed by atoms with E-state index in [0.29, 0.717) is 42.5 Å². The normalized spacial score (nSPS) is 13.0. The lowest BCUT2D eigenvalue weighted by Crippen LogP contribution is -2.36. The third-order valence-corrected chi connectivity index (χ3v) is 5.76. The fourth-order valence-corrected chi connectivity index (χ4v) is 4.11. The quantitative estimate of drug-likeness (QED) is 0.418. The topological polar surface area (TPSA) is 55.6 Å². The molecule has 0 fully saturated rings. The van der Waals surface area contributed by atoms with E-state index in [1.165, 1.54) is 11.1 Å². The van der Waals surface area contributed by atoms with Gasteiger partial charge in [-0.15, -0.1) is 0 Å². The number of hydrogen-bond donors (Lipinski definition) is 0. The number of hydrogen-bond acceptors (Lipinski definition) is 4. The van der Waals surface area contributed by atoms with Gasteiger partial charge in [0.2, 0.25) is 5.89 Å². The maximum atomic E-state index is 13.4. The number of amides is 1. The summed E-state index contributed by atoms with van der Waals surface area (Å²) < 4.78 is 11.6. The Balaban J connectivity index is 1.41. The van der Waals surface area contributed by atoms with Crippen LogP contribution in [0.15, 0.2) is 83.4 Å². The van der Waals surface area contributed by atoms with E-state index >= 15 is 0 Å². The van der Waals surface area contributed by atoms with Crippen LogP contribution in [0.25, 0.3) is 22.8 Å². The van der Waals surface area contributed by atoms with Crippen molar-refractivity contribution in [1.82, 2.24) is 9.88 Å². The summed E-state index contributed by atoms with van der Waals surface area (Å²) in [7, 11) is 0. The van der Waals surface area contributed by atoms with Crippen molar-refractivity contribution in [3.8, 4) is 28.5 Å². The summed E-state index contributed by atoms with van der Waals surface area (Å²) in [5.74, 6) is 1.90. The molecule has 160 valence electrons. The second-order valence-electron chi connectivity index (χ2n) is 7.78. The molecule has 0 saturated carbocycles. The Hall–Kier alpha value is -3.86. The van der Waals surface area contributed by atoms with Crippen LogP contribution in [0.1, 0.15) is 28.4 Å². The Morgan fingerprint density at radius 2 is 1.75 bits per heavy atom. The van der Waals surface area contributed by atoms with Crippen LogP contribution in [0.2, 0.25) is 0 Å². The summed E-state index contributed by atoms with van der Waals surface area (Å²) in [4.78, 5) is 19.8. The lowest BCUT2D eigenvalue weighted by molar-refractivity contribution is 0.0735. The number of carbonyl (C=O) groups is 1. The van der Waals surface area contributed by atoms with Gasteiger partial charge in [0.15, 0.2) is 5.76 Å². The van der Waals surface area contributed by atoms with Gasteiger partial charge in [-0.25, -0.2) is 4.98 Å². The molecule has 1 aliphatic heterocycles. The van der Waals surface area contributed by atoms with Gasteiger partial charge < -0.3 is 14.1 Å². The zero-order valence-electron chi connectivity index (χ0n) is 18.0. The van der Waals surface area contributed by atoms with Crippen molar-refractivity contribution in [2.75, 3.05) is 13.2 Å². The van der Waals surface area contributed by atoms with E-state index in [4.69, 9.17) is 9.15 Å². The molecule has 5 rings (SSSR count). The molecule has 0 spiro atoms. The van der Waals surface area contributed by atoms with Gasteiger partial charge in [-0.2, -0.15) is 0 Å². The summed E-state index contributed by atoms with van der Waals surface area (Å²) in [6.07, 6.45) is 2.56. The molecule has 5 heteroatoms. The summed E-state index contributed by atoms with van der Waals surface area (Å²) in [6.45, 7) is 3.90. The fourth-order valence-electron chi connectivity index (χ4n) is 4.11. The zero-order valence-corrected chi connectivity index (χ0v) is 18.0. The SMILES string of the molecule is CCOc1ccc(-c2cnc(-c3ccccc3C(=O)N3CCc4ccccc4C3)o2)cc1. The van der Waals surface area contributed by atoms with Gasteiger partial charge in [0.1, 0.15) is 5.75 Å². The Labute approximate surface area is 187 Å². The maximum absolute atomic E-state index is 13.4. The van der Waals surface area contributed by atoms with E-state index < -0.39 is 0 Å². The number of rotatable bonds is 5. The second kappa shape index (κ2) is 8.71. The van der Waals surface area contributed by atoms with Crippen molar-refractivity contribution >= 4 is 5.91 Å². The van der Waals surface area contributed by atoms with Gasteiger partial charge in [0, 0.05) is 24.2 Å². The third kappa shape index (κ3) is 3.89. The van der Waals surface area contributed by atoms with Gasteiger partial charge in [-0.05, 0) is 60.9 Å². The van der Waals surface area contributed by atoms with E-state index in [2.05, 4.69) is 23.2 Å². The molecule has 0 saturated heterocycles. The van der Waals surface area contributed by atoms with Crippen LogP contribution in [-0.2, 0) is 13.0 Å². The fraction of sp³-hybridized carbons (Fsp3) is 0.185. The number of fused-ring (bicyclic) bond motifs is 1. The van der Waals surface area contributed by atoms with E-state index in [1.807, 2.05) is 66.4 Å². The van der Waals surface area contributed by atoms with Crippen molar-refractivity contribution in [1.29, 1.82) is 0 Å². The van der Waals surface area contributed by atoms with Crippen LogP contribution in [0, 0.1) is 0 Å². The summed E-state index contributed by atoms with van der Waals surface area (Å²) in [5.41, 5.74) is 4.74. The highest BCUT2D eigenvalue weighted by Crippen LogP contribution is 2.30. The van der Waals surface area contributed by atoms with Crippen molar-refractivity contribution in [2.24, 2.45) is 0 Å². The second-order valence-corrected chi connectivity index (χ2v) is 7.78. The van der Waals surface area contributed by atoms with Gasteiger partial charge in [0.05, 0.1) is 18.4 Å². The Morgan fingerprint density at radius 3 is 2.56 bits per heavy atom. The van der Waals surface area contributed by atoms with Crippen LogP contribution >= 0.6 is 0 Å². The molecule has 5 nitrogen and oxygen atoms in total. The molecule has 0 N–H and O–H groups in total. The Kier molecular flexibility index (Phi) is 5.46. The van der Waals surface area contributed by atoms with Crippen molar-refractivity contribution in [2.45, 2.75) is 19.9 Å². The molecule has 1 aliphatic rings. The molecular formula is C27H24N2O3. The highest BCUT2D eigenvalue weighted by atomic mass is 16.5. The molecule has 1 amide bonds. The maximum Gasteiger partial charge on any atom is 0.254 e. The van der Waals surface area contributed by atoms with Crippen LogP contribution in [-0.4, -0.2) is 28.9 Å². The summed E-state index contributed by atoms with van der Waals surface area (Å²) >= 11 is 0. The number of ether oxygens (including phenoxy) is 1. The third-order valence-electron chi connectivity index (χ3n) is 5.76. The molecule has 0 aliphatic carbocycles. The molecule has 0 bridgehead atoms. The zero-order chi connectivity index (χ0) is 21.9. The lowest BCUT2D eigenvalue weighted by Gasteiger charge is -2.29. The average Bonchev–Trinajstić information content (AvgIpc) is 3.34. The molecule has 0 radical (unpaired) electrons. The summed E-state index contributed by atoms with van der Waals surface area (Å²) in [5, 5.41) is 0. The first-order chi connectivity index (χ1) is 15.7. The highest BCUT2D eigenvalue weighted by Gasteiger charge is 2.25. The monoisotopic (exact) mass is 424 g/mol. The predicted octanol–water partition coefficient (Wildman–Crippen LogP) is 5.61. The minimum Gasteiger partial charge on any atom is -0.494 e. The molecule has 0 atom stereocenters. The smallest absolute Gasteiger partial charge is 0.254 e. The van der Waals surface area contributed by atoms with Crippen LogP contribution in [0.3, 0.4) is 0 Å². The first-order valence-electron chi connectivity index (χ1n) is 10.9. The molecule has 32 heavy (non-hydrogen) atoms. The number of carbonyl (C=O) groups excluding carboxylic acids is 1. The molecule has 4 aromatic rings. The highest BCUT2D eigenvalue weighted by molar-refractivity contribution is 6.00.